The third-order valence-electron chi connectivity index (χ3n) is 4.26. The summed E-state index contributed by atoms with van der Waals surface area (Å²) in [5.41, 5.74) is 1.12. The van der Waals surface area contributed by atoms with Gasteiger partial charge in [-0.3, -0.25) is 14.2 Å². The van der Waals surface area contributed by atoms with Crippen LogP contribution >= 0.6 is 0 Å². The van der Waals surface area contributed by atoms with E-state index in [1.165, 1.54) is 10.6 Å². The fourth-order valence-corrected chi connectivity index (χ4v) is 2.83. The normalized spacial score (nSPS) is 16.2. The highest BCUT2D eigenvalue weighted by molar-refractivity contribution is 5.94. The van der Waals surface area contributed by atoms with Gasteiger partial charge in [0.05, 0.1) is 5.56 Å². The Kier molecular flexibility index (Phi) is 4.57. The molecule has 1 N–H and O–H groups in total. The van der Waals surface area contributed by atoms with Gasteiger partial charge in [0.1, 0.15) is 0 Å². The number of carbonyl (C=O) groups excluding carboxylic acids is 1. The van der Waals surface area contributed by atoms with Crippen molar-refractivity contribution in [1.82, 2.24) is 14.8 Å². The molecule has 1 fully saturated rings. The second-order valence-corrected chi connectivity index (χ2v) is 6.01. The second kappa shape index (κ2) is 6.79. The van der Waals surface area contributed by atoms with Crippen LogP contribution in [0.15, 0.2) is 53.5 Å². The Morgan fingerprint density at radius 1 is 1.09 bits per heavy atom. The van der Waals surface area contributed by atoms with Crippen LogP contribution in [0.1, 0.15) is 23.2 Å². The fraction of sp³-hybridized carbons (Fsp3) is 0.333. The van der Waals surface area contributed by atoms with E-state index in [-0.39, 0.29) is 17.5 Å². The van der Waals surface area contributed by atoms with Crippen molar-refractivity contribution in [2.45, 2.75) is 18.9 Å². The molecule has 23 heavy (non-hydrogen) atoms. The Morgan fingerprint density at radius 2 is 1.78 bits per heavy atom. The van der Waals surface area contributed by atoms with Gasteiger partial charge in [-0.25, -0.2) is 0 Å². The van der Waals surface area contributed by atoms with Gasteiger partial charge in [0.15, 0.2) is 0 Å². The van der Waals surface area contributed by atoms with Crippen molar-refractivity contribution in [3.8, 4) is 5.69 Å². The Morgan fingerprint density at radius 3 is 2.48 bits per heavy atom. The van der Waals surface area contributed by atoms with E-state index in [9.17, 15) is 9.59 Å². The zero-order valence-electron chi connectivity index (χ0n) is 13.2. The molecule has 0 aliphatic carbocycles. The van der Waals surface area contributed by atoms with E-state index in [1.807, 2.05) is 30.3 Å². The lowest BCUT2D eigenvalue weighted by Crippen LogP contribution is -2.43. The number of hydrogen-bond acceptors (Lipinski definition) is 3. The molecule has 0 atom stereocenters. The molecule has 0 bridgehead atoms. The van der Waals surface area contributed by atoms with Crippen molar-refractivity contribution >= 4 is 5.91 Å². The Bertz CT molecular complexity index is 731. The first-order valence-corrected chi connectivity index (χ1v) is 7.91. The maximum Gasteiger partial charge on any atom is 0.255 e. The van der Waals surface area contributed by atoms with Gasteiger partial charge in [-0.05, 0) is 51.2 Å². The average molecular weight is 311 g/mol. The molecule has 5 nitrogen and oxygen atoms in total. The summed E-state index contributed by atoms with van der Waals surface area (Å²) < 4.78 is 1.50. The second-order valence-electron chi connectivity index (χ2n) is 6.01. The molecule has 5 heteroatoms. The Labute approximate surface area is 135 Å². The summed E-state index contributed by atoms with van der Waals surface area (Å²) >= 11 is 0. The van der Waals surface area contributed by atoms with Gasteiger partial charge in [0.25, 0.3) is 11.5 Å². The Balaban J connectivity index is 1.78. The van der Waals surface area contributed by atoms with Crippen molar-refractivity contribution in [3.05, 3.63) is 64.6 Å². The molecule has 1 saturated heterocycles. The summed E-state index contributed by atoms with van der Waals surface area (Å²) in [6, 6.07) is 12.6. The average Bonchev–Trinajstić information content (AvgIpc) is 2.58. The van der Waals surface area contributed by atoms with Crippen molar-refractivity contribution in [2.24, 2.45) is 0 Å². The minimum Gasteiger partial charge on any atom is -0.349 e. The molecule has 1 aromatic heterocycles. The van der Waals surface area contributed by atoms with E-state index in [2.05, 4.69) is 17.3 Å². The molecule has 0 saturated carbocycles. The summed E-state index contributed by atoms with van der Waals surface area (Å²) in [7, 11) is 2.09. The Hall–Kier alpha value is -2.40. The summed E-state index contributed by atoms with van der Waals surface area (Å²) in [5, 5.41) is 3.07. The molecular weight excluding hydrogens is 290 g/mol. The largest absolute Gasteiger partial charge is 0.349 e. The molecule has 0 unspecified atom stereocenters. The molecule has 0 spiro atoms. The zero-order chi connectivity index (χ0) is 16.2. The van der Waals surface area contributed by atoms with Gasteiger partial charge >= 0.3 is 0 Å². The zero-order valence-corrected chi connectivity index (χ0v) is 13.2. The van der Waals surface area contributed by atoms with Gasteiger partial charge in [-0.1, -0.05) is 18.2 Å². The number of likely N-dealkylation sites (tertiary alicyclic amines) is 1. The minimum absolute atomic E-state index is 0.121. The highest BCUT2D eigenvalue weighted by Gasteiger charge is 2.19. The predicted octanol–water partition coefficient (Wildman–Crippen LogP) is 1.66. The molecule has 0 radical (unpaired) electrons. The monoisotopic (exact) mass is 311 g/mol. The van der Waals surface area contributed by atoms with Crippen LogP contribution in [-0.4, -0.2) is 41.6 Å². The number of hydrogen-bond donors (Lipinski definition) is 1. The standard InChI is InChI=1S/C18H21N3O2/c1-20-11-9-15(10-12-20)19-18(23)14-7-8-17(22)21(13-14)16-5-3-2-4-6-16/h2-8,13,15H,9-12H2,1H3,(H,19,23). The quantitative estimate of drug-likeness (QED) is 0.938. The molecule has 3 rings (SSSR count). The van der Waals surface area contributed by atoms with Gasteiger partial charge < -0.3 is 10.2 Å². The third-order valence-corrected chi connectivity index (χ3v) is 4.26. The van der Waals surface area contributed by atoms with Gasteiger partial charge in [0.2, 0.25) is 0 Å². The van der Waals surface area contributed by atoms with E-state index < -0.39 is 0 Å². The molecule has 120 valence electrons. The number of rotatable bonds is 3. The number of piperidine rings is 1. The lowest BCUT2D eigenvalue weighted by molar-refractivity contribution is 0.0916. The highest BCUT2D eigenvalue weighted by Crippen LogP contribution is 2.10. The number of aromatic nitrogens is 1. The van der Waals surface area contributed by atoms with Crippen LogP contribution < -0.4 is 10.9 Å². The topological polar surface area (TPSA) is 54.3 Å². The first-order valence-electron chi connectivity index (χ1n) is 7.91. The number of nitrogens with one attached hydrogen (secondary N) is 1. The van der Waals surface area contributed by atoms with Gasteiger partial charge in [-0.15, -0.1) is 0 Å². The van der Waals surface area contributed by atoms with Crippen LogP contribution in [-0.2, 0) is 0 Å². The predicted molar refractivity (Wildman–Crippen MR) is 90.0 cm³/mol. The number of pyridine rings is 1. The lowest BCUT2D eigenvalue weighted by atomic mass is 10.1. The molecular formula is C18H21N3O2. The molecule has 1 aromatic carbocycles. The fourth-order valence-electron chi connectivity index (χ4n) is 2.83. The number of carbonyl (C=O) groups is 1. The number of nitrogens with zero attached hydrogens (tertiary/aromatic N) is 2. The highest BCUT2D eigenvalue weighted by atomic mass is 16.2. The van der Waals surface area contributed by atoms with E-state index >= 15 is 0 Å². The van der Waals surface area contributed by atoms with Gasteiger partial charge in [0, 0.05) is 24.0 Å². The summed E-state index contributed by atoms with van der Waals surface area (Å²) in [5.74, 6) is -0.121. The maximum absolute atomic E-state index is 12.4. The van der Waals surface area contributed by atoms with Crippen molar-refractivity contribution in [1.29, 1.82) is 0 Å². The molecule has 2 aromatic rings. The van der Waals surface area contributed by atoms with Crippen molar-refractivity contribution in [3.63, 3.8) is 0 Å². The van der Waals surface area contributed by atoms with E-state index in [4.69, 9.17) is 0 Å². The van der Waals surface area contributed by atoms with Crippen LogP contribution in [0.2, 0.25) is 0 Å². The van der Waals surface area contributed by atoms with Crippen LogP contribution in [0.3, 0.4) is 0 Å². The first-order chi connectivity index (χ1) is 11.1. The van der Waals surface area contributed by atoms with Crippen LogP contribution in [0.4, 0.5) is 0 Å². The van der Waals surface area contributed by atoms with Crippen LogP contribution in [0.25, 0.3) is 5.69 Å². The number of benzene rings is 1. The molecule has 1 aliphatic rings. The SMILES string of the molecule is CN1CCC(NC(=O)c2ccc(=O)n(-c3ccccc3)c2)CC1. The molecule has 1 amide bonds. The number of para-hydroxylation sites is 1. The molecule has 1 aliphatic heterocycles. The van der Waals surface area contributed by atoms with Gasteiger partial charge in [-0.2, -0.15) is 0 Å². The summed E-state index contributed by atoms with van der Waals surface area (Å²) in [4.78, 5) is 26.8. The van der Waals surface area contributed by atoms with E-state index in [0.29, 0.717) is 5.56 Å². The minimum atomic E-state index is -0.146. The maximum atomic E-state index is 12.4. The van der Waals surface area contributed by atoms with Crippen LogP contribution in [0, 0.1) is 0 Å². The molecule has 2 heterocycles. The smallest absolute Gasteiger partial charge is 0.255 e. The summed E-state index contributed by atoms with van der Waals surface area (Å²) in [6.45, 7) is 1.99. The number of amides is 1. The van der Waals surface area contributed by atoms with E-state index in [1.54, 1.807) is 12.3 Å². The first kappa shape index (κ1) is 15.5. The van der Waals surface area contributed by atoms with Crippen molar-refractivity contribution < 1.29 is 4.79 Å². The lowest BCUT2D eigenvalue weighted by Gasteiger charge is -2.29. The summed E-state index contributed by atoms with van der Waals surface area (Å²) in [6.07, 6.45) is 3.53. The van der Waals surface area contributed by atoms with E-state index in [0.717, 1.165) is 31.6 Å². The third kappa shape index (κ3) is 3.68. The van der Waals surface area contributed by atoms with Crippen LogP contribution in [0.5, 0.6) is 0 Å². The van der Waals surface area contributed by atoms with Crippen molar-refractivity contribution in [2.75, 3.05) is 20.1 Å².